The average Bonchev–Trinajstić information content (AvgIpc) is 2.04. The monoisotopic (exact) mass is 177 g/mol. The second kappa shape index (κ2) is 3.60. The second-order valence-electron chi connectivity index (χ2n) is 4.14. The van der Waals surface area contributed by atoms with Gasteiger partial charge in [-0.3, -0.25) is 0 Å². The Morgan fingerprint density at radius 1 is 1.31 bits per heavy atom. The van der Waals surface area contributed by atoms with Gasteiger partial charge in [0.05, 0.1) is 0 Å². The molecular weight excluding hydrogens is 162 g/mol. The van der Waals surface area contributed by atoms with Crippen LogP contribution in [0.3, 0.4) is 0 Å². The minimum atomic E-state index is 0.132. The maximum atomic E-state index is 10.2. The summed E-state index contributed by atoms with van der Waals surface area (Å²) in [5, 5.41) is 11.9. The molecule has 0 saturated heterocycles. The molecule has 0 aliphatic carbocycles. The molecule has 2 heteroatoms. The number of hydrogen-bond acceptors (Lipinski definition) is 1. The van der Waals surface area contributed by atoms with Gasteiger partial charge in [-0.15, -0.1) is 0 Å². The average molecular weight is 177 g/mol. The van der Waals surface area contributed by atoms with Gasteiger partial charge in [-0.25, -0.2) is 5.16 Å². The number of rotatable bonds is 1. The minimum absolute atomic E-state index is 0.132. The van der Waals surface area contributed by atoms with Crippen LogP contribution in [0, 0.1) is 5.21 Å². The van der Waals surface area contributed by atoms with Crippen molar-refractivity contribution in [2.45, 2.75) is 26.2 Å². The second-order valence-corrected chi connectivity index (χ2v) is 4.14. The quantitative estimate of drug-likeness (QED) is 0.387. The van der Waals surface area contributed by atoms with E-state index in [1.165, 1.54) is 11.8 Å². The van der Waals surface area contributed by atoms with Crippen LogP contribution in [0.15, 0.2) is 24.3 Å². The van der Waals surface area contributed by atoms with Crippen molar-refractivity contribution >= 4 is 6.21 Å². The van der Waals surface area contributed by atoms with E-state index >= 15 is 0 Å². The van der Waals surface area contributed by atoms with Crippen molar-refractivity contribution in [1.82, 2.24) is 0 Å². The van der Waals surface area contributed by atoms with Crippen LogP contribution in [0.5, 0.6) is 0 Å². The van der Waals surface area contributed by atoms with Crippen LogP contribution in [0.2, 0.25) is 0 Å². The SMILES string of the molecule is CC(C)(C)c1cccc(C=[NH+][O-])c1. The van der Waals surface area contributed by atoms with Crippen LogP contribution in [0.25, 0.3) is 0 Å². The Bertz CT molecular complexity index is 310. The summed E-state index contributed by atoms with van der Waals surface area (Å²) in [5.74, 6) is 0. The Hall–Kier alpha value is -1.31. The van der Waals surface area contributed by atoms with Gasteiger partial charge in [0, 0.05) is 5.56 Å². The first kappa shape index (κ1) is 9.78. The van der Waals surface area contributed by atoms with Gasteiger partial charge in [0.25, 0.3) is 0 Å². The highest BCUT2D eigenvalue weighted by atomic mass is 16.4. The molecule has 0 aliphatic rings. The van der Waals surface area contributed by atoms with Crippen LogP contribution < -0.4 is 5.16 Å². The Morgan fingerprint density at radius 2 is 2.00 bits per heavy atom. The van der Waals surface area contributed by atoms with Crippen molar-refractivity contribution in [3.8, 4) is 0 Å². The van der Waals surface area contributed by atoms with Crippen molar-refractivity contribution in [2.75, 3.05) is 0 Å². The molecule has 1 rings (SSSR count). The van der Waals surface area contributed by atoms with Crippen LogP contribution in [0.1, 0.15) is 31.9 Å². The molecule has 0 aromatic heterocycles. The molecule has 2 nitrogen and oxygen atoms in total. The molecule has 0 bridgehead atoms. The van der Waals surface area contributed by atoms with Crippen molar-refractivity contribution in [3.63, 3.8) is 0 Å². The van der Waals surface area contributed by atoms with Gasteiger partial charge in [0.2, 0.25) is 0 Å². The van der Waals surface area contributed by atoms with Gasteiger partial charge in [0.1, 0.15) is 0 Å². The molecule has 0 fully saturated rings. The van der Waals surface area contributed by atoms with Crippen LogP contribution in [-0.4, -0.2) is 6.21 Å². The summed E-state index contributed by atoms with van der Waals surface area (Å²) < 4.78 is 0. The van der Waals surface area contributed by atoms with Crippen molar-refractivity contribution in [2.24, 2.45) is 0 Å². The summed E-state index contributed by atoms with van der Waals surface area (Å²) in [6.45, 7) is 6.45. The summed E-state index contributed by atoms with van der Waals surface area (Å²) in [6.07, 6.45) is 1.45. The standard InChI is InChI=1S/C11H15NO/c1-11(2,3)10-6-4-5-9(7-10)8-12-13/h4-8,12H,1-3H3. The van der Waals surface area contributed by atoms with Gasteiger partial charge < -0.3 is 5.21 Å². The maximum Gasteiger partial charge on any atom is 0.179 e. The summed E-state index contributed by atoms with van der Waals surface area (Å²) in [5.41, 5.74) is 2.28. The van der Waals surface area contributed by atoms with Gasteiger partial charge in [-0.1, -0.05) is 32.9 Å². The first-order valence-corrected chi connectivity index (χ1v) is 4.35. The molecule has 0 aliphatic heterocycles. The topological polar surface area (TPSA) is 37.0 Å². The fourth-order valence-corrected chi connectivity index (χ4v) is 1.16. The maximum absolute atomic E-state index is 10.2. The predicted molar refractivity (Wildman–Crippen MR) is 54.6 cm³/mol. The van der Waals surface area contributed by atoms with E-state index in [0.717, 1.165) is 5.56 Å². The number of nitrogens with one attached hydrogen (secondary N) is 1. The van der Waals surface area contributed by atoms with Crippen molar-refractivity contribution in [3.05, 3.63) is 40.6 Å². The van der Waals surface area contributed by atoms with E-state index in [9.17, 15) is 5.21 Å². The van der Waals surface area contributed by atoms with E-state index in [-0.39, 0.29) is 5.41 Å². The van der Waals surface area contributed by atoms with E-state index in [0.29, 0.717) is 0 Å². The minimum Gasteiger partial charge on any atom is -0.625 e. The summed E-state index contributed by atoms with van der Waals surface area (Å²) in [4.78, 5) is 0. The number of hydrogen-bond donors (Lipinski definition) is 1. The Kier molecular flexibility index (Phi) is 2.71. The highest BCUT2D eigenvalue weighted by molar-refractivity contribution is 5.75. The molecule has 0 radical (unpaired) electrons. The zero-order chi connectivity index (χ0) is 9.90. The lowest BCUT2D eigenvalue weighted by Gasteiger charge is -2.18. The van der Waals surface area contributed by atoms with Crippen LogP contribution in [0.4, 0.5) is 0 Å². The molecule has 0 atom stereocenters. The van der Waals surface area contributed by atoms with E-state index in [1.54, 1.807) is 5.16 Å². The zero-order valence-corrected chi connectivity index (χ0v) is 8.29. The van der Waals surface area contributed by atoms with Gasteiger partial charge in [0.15, 0.2) is 6.21 Å². The zero-order valence-electron chi connectivity index (χ0n) is 8.29. The fraction of sp³-hybridized carbons (Fsp3) is 0.364. The molecule has 1 N–H and O–H groups in total. The molecular formula is C11H15NO. The highest BCUT2D eigenvalue weighted by Gasteiger charge is 2.13. The Balaban J connectivity index is 3.05. The molecule has 0 heterocycles. The third-order valence-electron chi connectivity index (χ3n) is 1.98. The summed E-state index contributed by atoms with van der Waals surface area (Å²) in [7, 11) is 0. The first-order chi connectivity index (χ1) is 6.04. The number of benzene rings is 1. The largest absolute Gasteiger partial charge is 0.625 e. The predicted octanol–water partition coefficient (Wildman–Crippen LogP) is 0.981. The third kappa shape index (κ3) is 2.58. The van der Waals surface area contributed by atoms with Gasteiger partial charge in [-0.05, 0) is 23.1 Å². The molecule has 0 unspecified atom stereocenters. The third-order valence-corrected chi connectivity index (χ3v) is 1.98. The molecule has 0 saturated carbocycles. The first-order valence-electron chi connectivity index (χ1n) is 4.35. The van der Waals surface area contributed by atoms with E-state index < -0.39 is 0 Å². The molecule has 13 heavy (non-hydrogen) atoms. The molecule has 0 spiro atoms. The molecule has 1 aromatic carbocycles. The molecule has 1 aromatic rings. The highest BCUT2D eigenvalue weighted by Crippen LogP contribution is 2.21. The Morgan fingerprint density at radius 3 is 2.54 bits per heavy atom. The fourth-order valence-electron chi connectivity index (χ4n) is 1.16. The van der Waals surface area contributed by atoms with E-state index in [4.69, 9.17) is 0 Å². The summed E-state index contributed by atoms with van der Waals surface area (Å²) >= 11 is 0. The normalized spacial score (nSPS) is 12.2. The van der Waals surface area contributed by atoms with Gasteiger partial charge >= 0.3 is 0 Å². The lowest BCUT2D eigenvalue weighted by molar-refractivity contribution is -0.366. The van der Waals surface area contributed by atoms with Crippen molar-refractivity contribution in [1.29, 1.82) is 0 Å². The smallest absolute Gasteiger partial charge is 0.179 e. The Labute approximate surface area is 78.9 Å². The van der Waals surface area contributed by atoms with Gasteiger partial charge in [-0.2, -0.15) is 0 Å². The van der Waals surface area contributed by atoms with Crippen molar-refractivity contribution < 1.29 is 5.16 Å². The summed E-state index contributed by atoms with van der Waals surface area (Å²) in [6, 6.07) is 7.96. The molecule has 0 amide bonds. The van der Waals surface area contributed by atoms with Crippen LogP contribution in [-0.2, 0) is 5.41 Å². The molecule has 70 valence electrons. The lowest BCUT2D eigenvalue weighted by atomic mass is 9.86. The lowest BCUT2D eigenvalue weighted by Crippen LogP contribution is -2.60. The van der Waals surface area contributed by atoms with Crippen LogP contribution >= 0.6 is 0 Å². The van der Waals surface area contributed by atoms with E-state index in [1.807, 2.05) is 18.2 Å². The van der Waals surface area contributed by atoms with E-state index in [2.05, 4.69) is 26.8 Å².